The minimum absolute atomic E-state index is 0.137. The summed E-state index contributed by atoms with van der Waals surface area (Å²) in [7, 11) is 0. The number of benzene rings is 2. The van der Waals surface area contributed by atoms with Gasteiger partial charge in [0.2, 0.25) is 0 Å². The standard InChI is InChI=1S/C20H14ClFN2OS/c1-12-2-5-14(8-17(12)22)16-10-26-19-18(16)20(25)24(11-23-19)9-13-3-6-15(21)7-4-13/h2-8,10-11H,9H2,1H3. The van der Waals surface area contributed by atoms with Crippen molar-refractivity contribution in [3.8, 4) is 11.1 Å². The number of fused-ring (bicyclic) bond motifs is 1. The molecule has 6 heteroatoms. The van der Waals surface area contributed by atoms with Crippen LogP contribution in [0, 0.1) is 12.7 Å². The summed E-state index contributed by atoms with van der Waals surface area (Å²) in [4.78, 5) is 18.1. The fourth-order valence-corrected chi connectivity index (χ4v) is 3.87. The first-order chi connectivity index (χ1) is 12.5. The quantitative estimate of drug-likeness (QED) is 0.482. The molecule has 2 aromatic carbocycles. The minimum Gasteiger partial charge on any atom is -0.294 e. The van der Waals surface area contributed by atoms with Crippen LogP contribution < -0.4 is 5.56 Å². The maximum atomic E-state index is 14.0. The third-order valence-corrected chi connectivity index (χ3v) is 5.45. The van der Waals surface area contributed by atoms with Gasteiger partial charge in [0.15, 0.2) is 0 Å². The second-order valence-corrected chi connectivity index (χ2v) is 7.39. The summed E-state index contributed by atoms with van der Waals surface area (Å²) >= 11 is 7.30. The van der Waals surface area contributed by atoms with E-state index in [9.17, 15) is 9.18 Å². The van der Waals surface area contributed by atoms with E-state index < -0.39 is 0 Å². The van der Waals surface area contributed by atoms with Crippen molar-refractivity contribution in [2.75, 3.05) is 0 Å². The lowest BCUT2D eigenvalue weighted by Crippen LogP contribution is -2.20. The number of nitrogens with zero attached hydrogens (tertiary/aromatic N) is 2. The van der Waals surface area contributed by atoms with Gasteiger partial charge in [-0.25, -0.2) is 9.37 Å². The molecule has 2 heterocycles. The average Bonchev–Trinajstić information content (AvgIpc) is 3.06. The van der Waals surface area contributed by atoms with E-state index in [1.54, 1.807) is 36.0 Å². The summed E-state index contributed by atoms with van der Waals surface area (Å²) < 4.78 is 15.5. The first-order valence-electron chi connectivity index (χ1n) is 8.00. The Kier molecular flexibility index (Phi) is 4.34. The molecule has 2 aromatic heterocycles. The van der Waals surface area contributed by atoms with Gasteiger partial charge in [-0.05, 0) is 41.8 Å². The van der Waals surface area contributed by atoms with Crippen LogP contribution in [0.25, 0.3) is 21.3 Å². The fourth-order valence-electron chi connectivity index (χ4n) is 2.84. The van der Waals surface area contributed by atoms with E-state index >= 15 is 0 Å². The molecule has 0 bridgehead atoms. The molecule has 0 aliphatic heterocycles. The average molecular weight is 385 g/mol. The van der Waals surface area contributed by atoms with Gasteiger partial charge < -0.3 is 0 Å². The SMILES string of the molecule is Cc1ccc(-c2csc3ncn(Cc4ccc(Cl)cc4)c(=O)c23)cc1F. The molecule has 0 aliphatic carbocycles. The van der Waals surface area contributed by atoms with Crippen LogP contribution in [0.15, 0.2) is 59.0 Å². The molecule has 0 fully saturated rings. The topological polar surface area (TPSA) is 34.9 Å². The molecule has 0 N–H and O–H groups in total. The van der Waals surface area contributed by atoms with Crippen molar-refractivity contribution in [1.82, 2.24) is 9.55 Å². The zero-order valence-electron chi connectivity index (χ0n) is 13.9. The fraction of sp³-hybridized carbons (Fsp3) is 0.100. The van der Waals surface area contributed by atoms with Crippen molar-refractivity contribution in [2.24, 2.45) is 0 Å². The first-order valence-corrected chi connectivity index (χ1v) is 9.26. The second kappa shape index (κ2) is 6.67. The summed E-state index contributed by atoms with van der Waals surface area (Å²) in [6.45, 7) is 2.11. The van der Waals surface area contributed by atoms with Gasteiger partial charge >= 0.3 is 0 Å². The lowest BCUT2D eigenvalue weighted by atomic mass is 10.0. The molecule has 0 atom stereocenters. The molecule has 26 heavy (non-hydrogen) atoms. The molecule has 0 radical (unpaired) electrons. The van der Waals surface area contributed by atoms with E-state index in [-0.39, 0.29) is 11.4 Å². The third kappa shape index (κ3) is 3.04. The number of thiophene rings is 1. The predicted molar refractivity (Wildman–Crippen MR) is 105 cm³/mol. The molecular formula is C20H14ClFN2OS. The van der Waals surface area contributed by atoms with Crippen LogP contribution in [-0.2, 0) is 6.54 Å². The summed E-state index contributed by atoms with van der Waals surface area (Å²) in [5, 5.41) is 3.03. The zero-order chi connectivity index (χ0) is 18.3. The highest BCUT2D eigenvalue weighted by atomic mass is 35.5. The maximum Gasteiger partial charge on any atom is 0.263 e. The van der Waals surface area contributed by atoms with Gasteiger partial charge in [0.05, 0.1) is 18.3 Å². The number of aryl methyl sites for hydroxylation is 1. The van der Waals surface area contributed by atoms with Crippen molar-refractivity contribution in [1.29, 1.82) is 0 Å². The van der Waals surface area contributed by atoms with E-state index in [0.29, 0.717) is 38.5 Å². The molecule has 0 spiro atoms. The Morgan fingerprint density at radius 3 is 2.69 bits per heavy atom. The molecule has 0 aliphatic rings. The predicted octanol–water partition coefficient (Wildman–Crippen LogP) is 5.27. The van der Waals surface area contributed by atoms with Crippen molar-refractivity contribution >= 4 is 33.2 Å². The molecule has 130 valence electrons. The summed E-state index contributed by atoms with van der Waals surface area (Å²) in [6, 6.07) is 12.4. The van der Waals surface area contributed by atoms with Crippen LogP contribution in [0.5, 0.6) is 0 Å². The molecule has 0 unspecified atom stereocenters. The highest BCUT2D eigenvalue weighted by Gasteiger charge is 2.14. The van der Waals surface area contributed by atoms with Crippen LogP contribution in [-0.4, -0.2) is 9.55 Å². The van der Waals surface area contributed by atoms with Gasteiger partial charge in [-0.2, -0.15) is 0 Å². The molecule has 0 amide bonds. The minimum atomic E-state index is -0.285. The maximum absolute atomic E-state index is 14.0. The van der Waals surface area contributed by atoms with E-state index in [1.165, 1.54) is 17.4 Å². The number of halogens is 2. The van der Waals surface area contributed by atoms with Gasteiger partial charge in [-0.15, -0.1) is 11.3 Å². The van der Waals surface area contributed by atoms with Crippen LogP contribution in [0.2, 0.25) is 5.02 Å². The molecule has 0 saturated heterocycles. The summed E-state index contributed by atoms with van der Waals surface area (Å²) in [5.74, 6) is -0.285. The van der Waals surface area contributed by atoms with Gasteiger partial charge in [0.1, 0.15) is 10.6 Å². The van der Waals surface area contributed by atoms with E-state index in [0.717, 1.165) is 5.56 Å². The molecule has 4 aromatic rings. The largest absolute Gasteiger partial charge is 0.294 e. The Hall–Kier alpha value is -2.50. The number of aromatic nitrogens is 2. The van der Waals surface area contributed by atoms with Crippen molar-refractivity contribution in [3.63, 3.8) is 0 Å². The highest BCUT2D eigenvalue weighted by Crippen LogP contribution is 2.31. The molecule has 3 nitrogen and oxygen atoms in total. The lowest BCUT2D eigenvalue weighted by Gasteiger charge is -2.07. The number of hydrogen-bond donors (Lipinski definition) is 0. The summed E-state index contributed by atoms with van der Waals surface area (Å²) in [6.07, 6.45) is 1.55. The molecular weight excluding hydrogens is 371 g/mol. The smallest absolute Gasteiger partial charge is 0.263 e. The Morgan fingerprint density at radius 1 is 1.19 bits per heavy atom. The van der Waals surface area contributed by atoms with Crippen LogP contribution in [0.1, 0.15) is 11.1 Å². The van der Waals surface area contributed by atoms with Crippen molar-refractivity contribution in [2.45, 2.75) is 13.5 Å². The van der Waals surface area contributed by atoms with E-state index in [1.807, 2.05) is 23.6 Å². The Balaban J connectivity index is 1.82. The van der Waals surface area contributed by atoms with Gasteiger partial charge in [-0.3, -0.25) is 9.36 Å². The van der Waals surface area contributed by atoms with Crippen LogP contribution >= 0.6 is 22.9 Å². The normalized spacial score (nSPS) is 11.2. The van der Waals surface area contributed by atoms with E-state index in [2.05, 4.69) is 4.98 Å². The van der Waals surface area contributed by atoms with E-state index in [4.69, 9.17) is 11.6 Å². The monoisotopic (exact) mass is 384 g/mol. The van der Waals surface area contributed by atoms with Crippen molar-refractivity contribution < 1.29 is 4.39 Å². The Bertz CT molecular complexity index is 1160. The van der Waals surface area contributed by atoms with Gasteiger partial charge in [0.25, 0.3) is 5.56 Å². The Morgan fingerprint density at radius 2 is 1.96 bits per heavy atom. The van der Waals surface area contributed by atoms with Gasteiger partial charge in [-0.1, -0.05) is 35.9 Å². The Labute approximate surface area is 158 Å². The summed E-state index contributed by atoms with van der Waals surface area (Å²) in [5.41, 5.74) is 2.79. The number of hydrogen-bond acceptors (Lipinski definition) is 3. The number of rotatable bonds is 3. The van der Waals surface area contributed by atoms with Crippen molar-refractivity contribution in [3.05, 3.63) is 86.5 Å². The second-order valence-electron chi connectivity index (χ2n) is 6.10. The molecule has 4 rings (SSSR count). The first kappa shape index (κ1) is 16.9. The molecule has 0 saturated carbocycles. The van der Waals surface area contributed by atoms with Crippen LogP contribution in [0.3, 0.4) is 0 Å². The third-order valence-electron chi connectivity index (χ3n) is 4.31. The van der Waals surface area contributed by atoms with Gasteiger partial charge in [0, 0.05) is 16.0 Å². The lowest BCUT2D eigenvalue weighted by molar-refractivity contribution is 0.619. The highest BCUT2D eigenvalue weighted by molar-refractivity contribution is 7.17. The van der Waals surface area contributed by atoms with Crippen LogP contribution in [0.4, 0.5) is 4.39 Å². The zero-order valence-corrected chi connectivity index (χ0v) is 15.4.